The maximum atomic E-state index is 11.5. The Bertz CT molecular complexity index is 353. The molecule has 4 nitrogen and oxygen atoms in total. The average Bonchev–Trinajstić information content (AvgIpc) is 2.28. The van der Waals surface area contributed by atoms with Crippen molar-refractivity contribution < 1.29 is 14.6 Å². The number of amides is 1. The van der Waals surface area contributed by atoms with Gasteiger partial charge in [0.05, 0.1) is 12.4 Å². The van der Waals surface area contributed by atoms with Crippen LogP contribution in [0.5, 0.6) is 5.75 Å². The summed E-state index contributed by atoms with van der Waals surface area (Å²) in [6.45, 7) is 2.40. The summed E-state index contributed by atoms with van der Waals surface area (Å²) in [6.07, 6.45) is 0. The van der Waals surface area contributed by atoms with E-state index in [1.54, 1.807) is 31.4 Å². The number of benzene rings is 1. The van der Waals surface area contributed by atoms with Gasteiger partial charge >= 0.3 is 0 Å². The van der Waals surface area contributed by atoms with E-state index in [2.05, 4.69) is 5.32 Å². The van der Waals surface area contributed by atoms with Crippen LogP contribution in [0, 0.1) is 0 Å². The lowest BCUT2D eigenvalue weighted by molar-refractivity contribution is -0.119. The highest BCUT2D eigenvalue weighted by molar-refractivity contribution is 8.00. The van der Waals surface area contributed by atoms with Gasteiger partial charge < -0.3 is 15.2 Å². The van der Waals surface area contributed by atoms with Crippen LogP contribution in [-0.4, -0.2) is 36.5 Å². The summed E-state index contributed by atoms with van der Waals surface area (Å²) in [7, 11) is 1.61. The Labute approximate surface area is 105 Å². The molecule has 5 heteroatoms. The number of thioether (sulfide) groups is 1. The second-order valence-electron chi connectivity index (χ2n) is 3.71. The Hall–Kier alpha value is -1.20. The van der Waals surface area contributed by atoms with Crippen molar-refractivity contribution >= 4 is 17.7 Å². The molecular weight excluding hydrogens is 238 g/mol. The molecule has 0 aliphatic rings. The zero-order chi connectivity index (χ0) is 12.7. The third-order valence-electron chi connectivity index (χ3n) is 2.03. The summed E-state index contributed by atoms with van der Waals surface area (Å²) in [5.74, 6) is 0.568. The smallest absolute Gasteiger partial charge is 0.230 e. The van der Waals surface area contributed by atoms with Crippen LogP contribution < -0.4 is 5.32 Å². The molecule has 0 aliphatic heterocycles. The molecule has 0 saturated carbocycles. The molecule has 0 aliphatic carbocycles. The Kier molecular flexibility index (Phi) is 5.86. The molecule has 17 heavy (non-hydrogen) atoms. The van der Waals surface area contributed by atoms with E-state index in [1.165, 1.54) is 11.8 Å². The van der Waals surface area contributed by atoms with Crippen LogP contribution in [0.2, 0.25) is 0 Å². The number of nitrogens with one attached hydrogen (secondary N) is 1. The van der Waals surface area contributed by atoms with Crippen molar-refractivity contribution in [3.63, 3.8) is 0 Å². The van der Waals surface area contributed by atoms with Gasteiger partial charge in [0.25, 0.3) is 0 Å². The normalized spacial score (nSPS) is 12.1. The van der Waals surface area contributed by atoms with Gasteiger partial charge in [0, 0.05) is 18.0 Å². The van der Waals surface area contributed by atoms with Crippen LogP contribution in [0.25, 0.3) is 0 Å². The van der Waals surface area contributed by atoms with Crippen molar-refractivity contribution in [1.82, 2.24) is 5.32 Å². The van der Waals surface area contributed by atoms with Gasteiger partial charge in [-0.3, -0.25) is 4.79 Å². The SMILES string of the molecule is COCC(C)NC(=O)CSc1ccc(O)cc1. The molecule has 1 rings (SSSR count). The molecule has 1 amide bonds. The van der Waals surface area contributed by atoms with Gasteiger partial charge in [-0.2, -0.15) is 0 Å². The van der Waals surface area contributed by atoms with Crippen molar-refractivity contribution in [3.05, 3.63) is 24.3 Å². The minimum absolute atomic E-state index is 0.0207. The lowest BCUT2D eigenvalue weighted by Gasteiger charge is -2.12. The highest BCUT2D eigenvalue weighted by Gasteiger charge is 2.07. The number of aromatic hydroxyl groups is 1. The molecule has 2 N–H and O–H groups in total. The van der Waals surface area contributed by atoms with Gasteiger partial charge in [-0.25, -0.2) is 0 Å². The number of phenolic OH excluding ortho intramolecular Hbond substituents is 1. The molecule has 1 aromatic rings. The molecule has 94 valence electrons. The minimum Gasteiger partial charge on any atom is -0.508 e. The fraction of sp³-hybridized carbons (Fsp3) is 0.417. The first-order valence-corrected chi connectivity index (χ1v) is 6.30. The van der Waals surface area contributed by atoms with Crippen LogP contribution >= 0.6 is 11.8 Å². The summed E-state index contributed by atoms with van der Waals surface area (Å²) in [6, 6.07) is 6.80. The monoisotopic (exact) mass is 255 g/mol. The standard InChI is InChI=1S/C12H17NO3S/c1-9(7-16-2)13-12(15)8-17-11-5-3-10(14)4-6-11/h3-6,9,14H,7-8H2,1-2H3,(H,13,15). The molecule has 1 atom stereocenters. The van der Waals surface area contributed by atoms with E-state index < -0.39 is 0 Å². The van der Waals surface area contributed by atoms with Gasteiger partial charge in [-0.15, -0.1) is 11.8 Å². The first-order chi connectivity index (χ1) is 8.11. The molecule has 0 aromatic heterocycles. The molecule has 1 unspecified atom stereocenters. The van der Waals surface area contributed by atoms with Crippen molar-refractivity contribution in [3.8, 4) is 5.75 Å². The van der Waals surface area contributed by atoms with Crippen LogP contribution in [0.1, 0.15) is 6.92 Å². The zero-order valence-electron chi connectivity index (χ0n) is 9.97. The number of rotatable bonds is 6. The number of carbonyl (C=O) groups is 1. The van der Waals surface area contributed by atoms with E-state index in [-0.39, 0.29) is 17.7 Å². The number of methoxy groups -OCH3 is 1. The van der Waals surface area contributed by atoms with E-state index in [0.29, 0.717) is 12.4 Å². The third-order valence-corrected chi connectivity index (χ3v) is 3.04. The summed E-state index contributed by atoms with van der Waals surface area (Å²) in [5.41, 5.74) is 0. The molecule has 0 saturated heterocycles. The van der Waals surface area contributed by atoms with Gasteiger partial charge in [0.2, 0.25) is 5.91 Å². The maximum Gasteiger partial charge on any atom is 0.230 e. The summed E-state index contributed by atoms with van der Waals surface area (Å²) < 4.78 is 4.93. The average molecular weight is 255 g/mol. The largest absolute Gasteiger partial charge is 0.508 e. The molecule has 0 bridgehead atoms. The summed E-state index contributed by atoms with van der Waals surface area (Å²) in [5, 5.41) is 11.9. The van der Waals surface area contributed by atoms with Crippen molar-refractivity contribution in [2.24, 2.45) is 0 Å². The minimum atomic E-state index is -0.0207. The van der Waals surface area contributed by atoms with Gasteiger partial charge in [-0.05, 0) is 31.2 Å². The second kappa shape index (κ2) is 7.19. The van der Waals surface area contributed by atoms with Gasteiger partial charge in [0.1, 0.15) is 5.75 Å². The number of hydrogen-bond donors (Lipinski definition) is 2. The molecule has 1 aromatic carbocycles. The quantitative estimate of drug-likeness (QED) is 0.759. The van der Waals surface area contributed by atoms with Crippen molar-refractivity contribution in [2.75, 3.05) is 19.5 Å². The van der Waals surface area contributed by atoms with Gasteiger partial charge in [0.15, 0.2) is 0 Å². The van der Waals surface area contributed by atoms with Gasteiger partial charge in [-0.1, -0.05) is 0 Å². The molecular formula is C12H17NO3S. The maximum absolute atomic E-state index is 11.5. The lowest BCUT2D eigenvalue weighted by atomic mass is 10.3. The van der Waals surface area contributed by atoms with Crippen LogP contribution in [0.15, 0.2) is 29.2 Å². The highest BCUT2D eigenvalue weighted by atomic mass is 32.2. The molecule has 0 spiro atoms. The van der Waals surface area contributed by atoms with Crippen molar-refractivity contribution in [1.29, 1.82) is 0 Å². The van der Waals surface area contributed by atoms with Crippen molar-refractivity contribution in [2.45, 2.75) is 17.9 Å². The predicted molar refractivity (Wildman–Crippen MR) is 68.3 cm³/mol. The number of hydrogen-bond acceptors (Lipinski definition) is 4. The van der Waals surface area contributed by atoms with Crippen LogP contribution in [0.3, 0.4) is 0 Å². The Morgan fingerprint density at radius 3 is 2.71 bits per heavy atom. The first-order valence-electron chi connectivity index (χ1n) is 5.32. The fourth-order valence-electron chi connectivity index (χ4n) is 1.30. The summed E-state index contributed by atoms with van der Waals surface area (Å²) >= 11 is 1.43. The Morgan fingerprint density at radius 1 is 1.47 bits per heavy atom. The van der Waals surface area contributed by atoms with E-state index in [1.807, 2.05) is 6.92 Å². The number of phenols is 1. The lowest BCUT2D eigenvalue weighted by Crippen LogP contribution is -2.36. The first kappa shape index (κ1) is 13.9. The predicted octanol–water partition coefficient (Wildman–Crippen LogP) is 1.64. The zero-order valence-corrected chi connectivity index (χ0v) is 10.8. The third kappa shape index (κ3) is 5.60. The highest BCUT2D eigenvalue weighted by Crippen LogP contribution is 2.20. The van der Waals surface area contributed by atoms with E-state index in [0.717, 1.165) is 4.90 Å². The number of ether oxygens (including phenoxy) is 1. The Balaban J connectivity index is 2.30. The van der Waals surface area contributed by atoms with Crippen LogP contribution in [0.4, 0.5) is 0 Å². The fourth-order valence-corrected chi connectivity index (χ4v) is 2.01. The number of carbonyl (C=O) groups excluding carboxylic acids is 1. The second-order valence-corrected chi connectivity index (χ2v) is 4.76. The molecule has 0 fully saturated rings. The summed E-state index contributed by atoms with van der Waals surface area (Å²) in [4.78, 5) is 12.5. The topological polar surface area (TPSA) is 58.6 Å². The van der Waals surface area contributed by atoms with E-state index in [4.69, 9.17) is 9.84 Å². The molecule has 0 heterocycles. The van der Waals surface area contributed by atoms with Crippen LogP contribution in [-0.2, 0) is 9.53 Å². The van der Waals surface area contributed by atoms with E-state index in [9.17, 15) is 4.79 Å². The molecule has 0 radical (unpaired) electrons. The Morgan fingerprint density at radius 2 is 2.12 bits per heavy atom. The van der Waals surface area contributed by atoms with E-state index >= 15 is 0 Å².